The molecule has 6 nitrogen and oxygen atoms in total. The maximum atomic E-state index is 10.9. The largest absolute Gasteiger partial charge is 0.410 e. The van der Waals surface area contributed by atoms with Crippen molar-refractivity contribution < 1.29 is 14.1 Å². The van der Waals surface area contributed by atoms with Gasteiger partial charge in [0.25, 0.3) is 11.1 Å². The molecular weight excluding hydrogens is 240 g/mol. The maximum absolute atomic E-state index is 10.9. The Morgan fingerprint density at radius 3 is 2.65 bits per heavy atom. The Balaban J connectivity index is 2.74. The zero-order chi connectivity index (χ0) is 13.0. The summed E-state index contributed by atoms with van der Waals surface area (Å²) in [6, 6.07) is 0.181. The second-order valence-electron chi connectivity index (χ2n) is 4.11. The number of nitrogens with one attached hydrogen (secondary N) is 1. The van der Waals surface area contributed by atoms with Gasteiger partial charge in [0.1, 0.15) is 0 Å². The molecule has 0 saturated carbocycles. The molecule has 1 amide bonds. The lowest BCUT2D eigenvalue weighted by atomic mass is 10.2. The van der Waals surface area contributed by atoms with E-state index in [9.17, 15) is 4.79 Å². The van der Waals surface area contributed by atoms with E-state index in [4.69, 9.17) is 10.2 Å². The van der Waals surface area contributed by atoms with E-state index >= 15 is 0 Å². The van der Waals surface area contributed by atoms with E-state index in [2.05, 4.69) is 17.1 Å². The molecule has 0 unspecified atom stereocenters. The van der Waals surface area contributed by atoms with Crippen LogP contribution >= 0.6 is 11.8 Å². The first kappa shape index (κ1) is 14.0. The van der Waals surface area contributed by atoms with Gasteiger partial charge in [-0.2, -0.15) is 0 Å². The quantitative estimate of drug-likeness (QED) is 0.681. The fourth-order valence-corrected chi connectivity index (χ4v) is 2.09. The second kappa shape index (κ2) is 6.02. The third-order valence-electron chi connectivity index (χ3n) is 2.50. The molecule has 2 atom stereocenters. The van der Waals surface area contributed by atoms with Gasteiger partial charge in [0.05, 0.1) is 19.3 Å². The Morgan fingerprint density at radius 2 is 2.18 bits per heavy atom. The summed E-state index contributed by atoms with van der Waals surface area (Å²) in [7, 11) is 4.08. The molecule has 1 aromatic rings. The van der Waals surface area contributed by atoms with Crippen LogP contribution in [0.15, 0.2) is 9.64 Å². The van der Waals surface area contributed by atoms with Crippen molar-refractivity contribution in [3.05, 3.63) is 5.89 Å². The minimum Gasteiger partial charge on any atom is -0.410 e. The molecule has 0 radical (unpaired) electrons. The molecule has 17 heavy (non-hydrogen) atoms. The molecule has 0 aliphatic carbocycles. The molecule has 1 heterocycles. The Hall–Kier alpha value is -1.08. The van der Waals surface area contributed by atoms with Gasteiger partial charge in [0, 0.05) is 6.42 Å². The number of hydrogen-bond acceptors (Lipinski definition) is 5. The second-order valence-corrected chi connectivity index (χ2v) is 5.40. The molecule has 0 spiro atoms. The minimum absolute atomic E-state index is 0.181. The van der Waals surface area contributed by atoms with Crippen LogP contribution in [-0.2, 0) is 4.79 Å². The molecule has 0 fully saturated rings. The first-order valence-electron chi connectivity index (χ1n) is 5.55. The van der Waals surface area contributed by atoms with Crippen LogP contribution in [0, 0.1) is 0 Å². The maximum Gasteiger partial charge on any atom is 0.277 e. The highest BCUT2D eigenvalue weighted by Gasteiger charge is 2.23. The van der Waals surface area contributed by atoms with E-state index in [1.165, 1.54) is 16.7 Å². The van der Waals surface area contributed by atoms with Crippen molar-refractivity contribution in [1.82, 2.24) is 10.2 Å². The van der Waals surface area contributed by atoms with Crippen LogP contribution in [0.1, 0.15) is 32.2 Å². The third-order valence-corrected chi connectivity index (χ3v) is 3.46. The lowest BCUT2D eigenvalue weighted by molar-refractivity contribution is -0.894. The Labute approximate surface area is 105 Å². The van der Waals surface area contributed by atoms with Crippen molar-refractivity contribution in [2.24, 2.45) is 5.73 Å². The van der Waals surface area contributed by atoms with Crippen LogP contribution in [0.25, 0.3) is 0 Å². The van der Waals surface area contributed by atoms with Crippen LogP contribution in [0.2, 0.25) is 0 Å². The van der Waals surface area contributed by atoms with Gasteiger partial charge in [0.2, 0.25) is 5.91 Å². The summed E-state index contributed by atoms with van der Waals surface area (Å²) >= 11 is 1.19. The van der Waals surface area contributed by atoms with Crippen LogP contribution in [0.3, 0.4) is 0 Å². The van der Waals surface area contributed by atoms with Crippen molar-refractivity contribution in [3.63, 3.8) is 0 Å². The van der Waals surface area contributed by atoms with Gasteiger partial charge in [-0.15, -0.1) is 10.2 Å². The molecule has 0 aromatic carbocycles. The summed E-state index contributed by atoms with van der Waals surface area (Å²) in [6.45, 7) is 3.78. The number of aromatic nitrogens is 2. The van der Waals surface area contributed by atoms with E-state index in [1.807, 2.05) is 14.1 Å². The van der Waals surface area contributed by atoms with Gasteiger partial charge in [-0.25, -0.2) is 0 Å². The molecular formula is C10H19N4O2S+. The number of carbonyl (C=O) groups excluding carboxylic acids is 1. The topological polar surface area (TPSA) is 86.5 Å². The van der Waals surface area contributed by atoms with Crippen molar-refractivity contribution in [1.29, 1.82) is 0 Å². The van der Waals surface area contributed by atoms with Crippen molar-refractivity contribution in [2.45, 2.75) is 36.8 Å². The first-order chi connectivity index (χ1) is 7.95. The lowest BCUT2D eigenvalue weighted by Gasteiger charge is -2.15. The van der Waals surface area contributed by atoms with Gasteiger partial charge in [-0.1, -0.05) is 18.7 Å². The van der Waals surface area contributed by atoms with E-state index in [0.29, 0.717) is 11.1 Å². The predicted octanol–water partition coefficient (Wildman–Crippen LogP) is -0.369. The zero-order valence-electron chi connectivity index (χ0n) is 10.6. The van der Waals surface area contributed by atoms with E-state index in [-0.39, 0.29) is 17.2 Å². The van der Waals surface area contributed by atoms with E-state index in [1.54, 1.807) is 6.92 Å². The van der Waals surface area contributed by atoms with Crippen molar-refractivity contribution in [3.8, 4) is 0 Å². The Morgan fingerprint density at radius 1 is 1.53 bits per heavy atom. The van der Waals surface area contributed by atoms with Gasteiger partial charge >= 0.3 is 0 Å². The Bertz CT molecular complexity index is 380. The SMILES string of the molecule is CC[C@H](c1nnc(S[C@@H](C)C(N)=O)o1)[NH+](C)C. The number of amides is 1. The number of rotatable bonds is 6. The van der Waals surface area contributed by atoms with Gasteiger partial charge in [-0.3, -0.25) is 4.79 Å². The molecule has 1 rings (SSSR count). The highest BCUT2D eigenvalue weighted by atomic mass is 32.2. The van der Waals surface area contributed by atoms with Gasteiger partial charge < -0.3 is 15.1 Å². The fourth-order valence-electron chi connectivity index (χ4n) is 1.45. The van der Waals surface area contributed by atoms with Crippen LogP contribution in [0.5, 0.6) is 0 Å². The number of primary amides is 1. The van der Waals surface area contributed by atoms with Gasteiger partial charge in [-0.05, 0) is 6.92 Å². The normalized spacial score (nSPS) is 14.9. The lowest BCUT2D eigenvalue weighted by Crippen LogP contribution is -3.06. The monoisotopic (exact) mass is 259 g/mol. The average Bonchev–Trinajstić information content (AvgIpc) is 2.66. The summed E-state index contributed by atoms with van der Waals surface area (Å²) in [5.74, 6) is 0.215. The zero-order valence-corrected chi connectivity index (χ0v) is 11.4. The number of nitrogens with two attached hydrogens (primary N) is 1. The van der Waals surface area contributed by atoms with Crippen LogP contribution in [0.4, 0.5) is 0 Å². The van der Waals surface area contributed by atoms with Crippen molar-refractivity contribution in [2.75, 3.05) is 14.1 Å². The summed E-state index contributed by atoms with van der Waals surface area (Å²) in [5.41, 5.74) is 5.17. The number of thioether (sulfide) groups is 1. The number of carbonyl (C=O) groups is 1. The van der Waals surface area contributed by atoms with Crippen molar-refractivity contribution >= 4 is 17.7 Å². The van der Waals surface area contributed by atoms with Gasteiger partial charge in [0.15, 0.2) is 6.04 Å². The molecule has 7 heteroatoms. The number of nitrogens with zero attached hydrogens (tertiary/aromatic N) is 2. The molecule has 0 aliphatic rings. The molecule has 0 saturated heterocycles. The smallest absolute Gasteiger partial charge is 0.277 e. The third kappa shape index (κ3) is 3.71. The molecule has 3 N–H and O–H groups in total. The van der Waals surface area contributed by atoms with E-state index < -0.39 is 0 Å². The minimum atomic E-state index is -0.389. The summed E-state index contributed by atoms with van der Waals surface area (Å²) < 4.78 is 5.53. The molecule has 0 aliphatic heterocycles. The summed E-state index contributed by atoms with van der Waals surface area (Å²) in [6.07, 6.45) is 0.917. The molecule has 1 aromatic heterocycles. The average molecular weight is 259 g/mol. The standard InChI is InChI=1S/C10H18N4O2S/c1-5-7(14(3)4)9-12-13-10(16-9)17-6(2)8(11)15/h6-7H,5H2,1-4H3,(H2,11,15)/p+1/t6-,7+/m0/s1. The van der Waals surface area contributed by atoms with Crippen LogP contribution < -0.4 is 10.6 Å². The van der Waals surface area contributed by atoms with Crippen LogP contribution in [-0.4, -0.2) is 35.4 Å². The molecule has 0 bridgehead atoms. The fraction of sp³-hybridized carbons (Fsp3) is 0.700. The molecule has 96 valence electrons. The highest BCUT2D eigenvalue weighted by Crippen LogP contribution is 2.23. The summed E-state index contributed by atoms with van der Waals surface area (Å²) in [4.78, 5) is 12.1. The highest BCUT2D eigenvalue weighted by molar-refractivity contribution is 8.00. The number of quaternary nitrogens is 1. The predicted molar refractivity (Wildman–Crippen MR) is 64.7 cm³/mol. The number of hydrogen-bond donors (Lipinski definition) is 2. The first-order valence-corrected chi connectivity index (χ1v) is 6.43. The summed E-state index contributed by atoms with van der Waals surface area (Å²) in [5, 5.41) is 7.95. The van der Waals surface area contributed by atoms with E-state index in [0.717, 1.165) is 6.42 Å². The Kier molecular flexibility index (Phi) is 4.95.